The molecule has 0 N–H and O–H groups in total. The average Bonchev–Trinajstić information content (AvgIpc) is 3.14. The first-order valence-electron chi connectivity index (χ1n) is 10.2. The number of nitriles is 1. The van der Waals surface area contributed by atoms with Crippen LogP contribution in [0.25, 0.3) is 38.6 Å². The van der Waals surface area contributed by atoms with E-state index in [4.69, 9.17) is 23.9 Å². The van der Waals surface area contributed by atoms with Crippen LogP contribution in [0.4, 0.5) is 0 Å². The molecule has 0 radical (unpaired) electrons. The van der Waals surface area contributed by atoms with Crippen LogP contribution in [0.3, 0.4) is 0 Å². The molecule has 172 valence electrons. The molecule has 8 heteroatoms. The standard InChI is InChI=1S/C24H19N2.C2H3N.ClHO4/c1-25-16-14-19(15-17-25)18-10-12-20(13-11-18)26-23-8-4-2-6-21(23)22-7-3-5-9-24(22)26;1-2-3;2-1(3,4)5/h2-17H,1H3;1H3;(H,2,3,4,5)/q+1;;/p-1. The molecule has 0 atom stereocenters. The number of halogens is 1. The summed E-state index contributed by atoms with van der Waals surface area (Å²) in [7, 11) is -2.91. The van der Waals surface area contributed by atoms with E-state index in [9.17, 15) is 0 Å². The highest BCUT2D eigenvalue weighted by Gasteiger charge is 2.11. The summed E-state index contributed by atoms with van der Waals surface area (Å²) < 4.78 is 38.4. The van der Waals surface area contributed by atoms with Crippen molar-refractivity contribution in [3.05, 3.63) is 97.3 Å². The molecule has 0 saturated carbocycles. The van der Waals surface area contributed by atoms with Crippen LogP contribution in [0.5, 0.6) is 0 Å². The van der Waals surface area contributed by atoms with Crippen molar-refractivity contribution in [3.8, 4) is 22.9 Å². The molecular formula is C26H22ClN3O4. The Morgan fingerprint density at radius 3 is 1.53 bits per heavy atom. The van der Waals surface area contributed by atoms with Crippen LogP contribution in [0.2, 0.25) is 0 Å². The van der Waals surface area contributed by atoms with Crippen molar-refractivity contribution in [1.29, 1.82) is 5.26 Å². The largest absolute Gasteiger partial charge is 0.309 e. The summed E-state index contributed by atoms with van der Waals surface area (Å²) in [4.78, 5) is 0. The van der Waals surface area contributed by atoms with Crippen LogP contribution in [0.15, 0.2) is 97.3 Å². The molecule has 0 spiro atoms. The zero-order valence-corrected chi connectivity index (χ0v) is 19.3. The molecule has 2 heterocycles. The molecule has 0 unspecified atom stereocenters. The number of rotatable bonds is 2. The first-order valence-corrected chi connectivity index (χ1v) is 11.4. The molecule has 0 bridgehead atoms. The molecule has 0 amide bonds. The smallest absolute Gasteiger partial charge is 0.169 e. The van der Waals surface area contributed by atoms with Gasteiger partial charge >= 0.3 is 0 Å². The van der Waals surface area contributed by atoms with Crippen LogP contribution in [0, 0.1) is 21.6 Å². The molecular weight excluding hydrogens is 454 g/mol. The van der Waals surface area contributed by atoms with E-state index >= 15 is 0 Å². The number of benzene rings is 3. The number of nitrogens with zero attached hydrogens (tertiary/aromatic N) is 3. The third kappa shape index (κ3) is 6.17. The maximum absolute atomic E-state index is 8.49. The molecule has 7 nitrogen and oxygen atoms in total. The van der Waals surface area contributed by atoms with Crippen LogP contribution in [-0.4, -0.2) is 4.57 Å². The van der Waals surface area contributed by atoms with Crippen LogP contribution in [-0.2, 0) is 7.05 Å². The lowest BCUT2D eigenvalue weighted by molar-refractivity contribution is -2.00. The molecule has 2 aromatic heterocycles. The lowest BCUT2D eigenvalue weighted by Gasteiger charge is -2.17. The summed E-state index contributed by atoms with van der Waals surface area (Å²) in [6.45, 7) is 1.43. The summed E-state index contributed by atoms with van der Waals surface area (Å²) in [5.74, 6) is 0. The van der Waals surface area contributed by atoms with E-state index in [0.29, 0.717) is 0 Å². The van der Waals surface area contributed by atoms with Gasteiger partial charge in [-0.2, -0.15) is 5.26 Å². The van der Waals surface area contributed by atoms with Gasteiger partial charge in [0, 0.05) is 35.5 Å². The Hall–Kier alpha value is -3.77. The summed E-state index contributed by atoms with van der Waals surface area (Å²) in [5, 5.41) is 9.91. The molecule has 5 aromatic rings. The zero-order valence-electron chi connectivity index (χ0n) is 18.6. The van der Waals surface area contributed by atoms with E-state index in [1.807, 2.05) is 7.05 Å². The number of aryl methyl sites for hydroxylation is 1. The predicted octanol–water partition coefficient (Wildman–Crippen LogP) is 1.05. The molecule has 0 aliphatic rings. The van der Waals surface area contributed by atoms with Crippen molar-refractivity contribution in [2.75, 3.05) is 0 Å². The summed E-state index contributed by atoms with van der Waals surface area (Å²) >= 11 is 0. The highest BCUT2D eigenvalue weighted by molar-refractivity contribution is 6.09. The number of pyridine rings is 1. The van der Waals surface area contributed by atoms with Crippen molar-refractivity contribution in [3.63, 3.8) is 0 Å². The lowest BCUT2D eigenvalue weighted by atomic mass is 10.1. The van der Waals surface area contributed by atoms with Gasteiger partial charge < -0.3 is 4.57 Å². The fourth-order valence-corrected chi connectivity index (χ4v) is 3.70. The van der Waals surface area contributed by atoms with Crippen LogP contribution in [0.1, 0.15) is 6.92 Å². The number of fused-ring (bicyclic) bond motifs is 3. The van der Waals surface area contributed by atoms with Gasteiger partial charge in [0.05, 0.1) is 17.1 Å². The Balaban J connectivity index is 0.000000356. The van der Waals surface area contributed by atoms with E-state index < -0.39 is 10.2 Å². The van der Waals surface area contributed by atoms with Crippen molar-refractivity contribution in [2.24, 2.45) is 7.05 Å². The SMILES string of the molecule is CC#N.C[n+]1ccc(-c2ccc(-n3c4ccccc4c4ccccc43)cc2)cc1.[O-][Cl+3]([O-])([O-])[O-]. The molecule has 34 heavy (non-hydrogen) atoms. The Kier molecular flexibility index (Phi) is 7.97. The first kappa shape index (κ1) is 24.9. The van der Waals surface area contributed by atoms with Crippen LogP contribution >= 0.6 is 0 Å². The molecule has 3 aromatic carbocycles. The summed E-state index contributed by atoms with van der Waals surface area (Å²) in [6.07, 6.45) is 4.16. The normalized spacial score (nSPS) is 10.6. The Labute approximate surface area is 199 Å². The fraction of sp³-hybridized carbons (Fsp3) is 0.0769. The molecule has 0 fully saturated rings. The number of hydrogen-bond acceptors (Lipinski definition) is 5. The molecule has 0 saturated heterocycles. The van der Waals surface area contributed by atoms with Crippen molar-refractivity contribution >= 4 is 21.8 Å². The molecule has 0 aliphatic heterocycles. The number of aromatic nitrogens is 2. The molecule has 0 aliphatic carbocycles. The van der Waals surface area contributed by atoms with E-state index in [1.165, 1.54) is 45.5 Å². The van der Waals surface area contributed by atoms with Gasteiger partial charge in [0.1, 0.15) is 7.05 Å². The topological polar surface area (TPSA) is 125 Å². The predicted molar refractivity (Wildman–Crippen MR) is 119 cm³/mol. The van der Waals surface area contributed by atoms with E-state index in [0.717, 1.165) is 0 Å². The first-order chi connectivity index (χ1) is 16.2. The van der Waals surface area contributed by atoms with Crippen molar-refractivity contribution in [2.45, 2.75) is 6.92 Å². The van der Waals surface area contributed by atoms with Gasteiger partial charge in [-0.3, -0.25) is 0 Å². The number of hydrogen-bond donors (Lipinski definition) is 0. The Morgan fingerprint density at radius 1 is 0.706 bits per heavy atom. The highest BCUT2D eigenvalue weighted by Crippen LogP contribution is 2.32. The second-order valence-corrected chi connectivity index (χ2v) is 8.03. The van der Waals surface area contributed by atoms with Crippen molar-refractivity contribution < 1.29 is 33.4 Å². The third-order valence-electron chi connectivity index (χ3n) is 5.02. The third-order valence-corrected chi connectivity index (χ3v) is 5.02. The fourth-order valence-electron chi connectivity index (χ4n) is 3.70. The Morgan fingerprint density at radius 2 is 1.09 bits per heavy atom. The Bertz CT molecular complexity index is 1360. The maximum Gasteiger partial charge on any atom is 0.169 e. The lowest BCUT2D eigenvalue weighted by Crippen LogP contribution is -2.68. The van der Waals surface area contributed by atoms with E-state index in [1.54, 1.807) is 6.07 Å². The minimum Gasteiger partial charge on any atom is -0.309 e. The van der Waals surface area contributed by atoms with Gasteiger partial charge in [0.25, 0.3) is 0 Å². The second-order valence-electron chi connectivity index (χ2n) is 7.27. The maximum atomic E-state index is 8.49. The second kappa shape index (κ2) is 10.9. The highest BCUT2D eigenvalue weighted by atomic mass is 35.7. The molecule has 5 rings (SSSR count). The van der Waals surface area contributed by atoms with Gasteiger partial charge in [-0.15, -0.1) is 10.2 Å². The minimum absolute atomic E-state index is 1.19. The van der Waals surface area contributed by atoms with Gasteiger partial charge in [0.15, 0.2) is 12.4 Å². The number of para-hydroxylation sites is 2. The van der Waals surface area contributed by atoms with Gasteiger partial charge in [0.2, 0.25) is 0 Å². The minimum atomic E-state index is -4.94. The van der Waals surface area contributed by atoms with Gasteiger partial charge in [-0.05, 0) is 35.4 Å². The summed E-state index contributed by atoms with van der Waals surface area (Å²) in [6, 6.07) is 32.1. The zero-order chi connectivity index (χ0) is 24.7. The van der Waals surface area contributed by atoms with Gasteiger partial charge in [-0.25, -0.2) is 23.2 Å². The quantitative estimate of drug-likeness (QED) is 0.353. The van der Waals surface area contributed by atoms with Gasteiger partial charge in [-0.1, -0.05) is 48.5 Å². The summed E-state index contributed by atoms with van der Waals surface area (Å²) in [5.41, 5.74) is 6.14. The average molecular weight is 476 g/mol. The van der Waals surface area contributed by atoms with Crippen molar-refractivity contribution in [1.82, 2.24) is 4.57 Å². The van der Waals surface area contributed by atoms with E-state index in [-0.39, 0.29) is 0 Å². The van der Waals surface area contributed by atoms with Crippen LogP contribution < -0.4 is 23.2 Å². The van der Waals surface area contributed by atoms with E-state index in [2.05, 4.69) is 106 Å². The monoisotopic (exact) mass is 475 g/mol.